The second-order valence-corrected chi connectivity index (χ2v) is 6.86. The van der Waals surface area contributed by atoms with Crippen LogP contribution in [0.15, 0.2) is 40.2 Å². The number of alkyl halides is 3. The third kappa shape index (κ3) is 4.82. The standard InChI is InChI=1S/C18H19F3N2O4S/c1-4-6-12(27-18(19,20)21)9-10(2)14-11(3)13-15(28-14)22-17(26)23(16(13)25)7-5-8-24/h4,6,9,24H,2,5,7-8H2,1,3H3,(H,22,26)/b6-4-,12-9+. The average Bonchev–Trinajstić information content (AvgIpc) is 2.90. The molecule has 6 nitrogen and oxygen atoms in total. The number of rotatable bonds is 7. The lowest BCUT2D eigenvalue weighted by Gasteiger charge is -2.10. The van der Waals surface area contributed by atoms with Gasteiger partial charge in [-0.2, -0.15) is 0 Å². The van der Waals surface area contributed by atoms with Gasteiger partial charge in [0.1, 0.15) is 10.6 Å². The lowest BCUT2D eigenvalue weighted by atomic mass is 10.1. The molecule has 2 heterocycles. The second kappa shape index (κ2) is 8.61. The van der Waals surface area contributed by atoms with Crippen molar-refractivity contribution in [1.29, 1.82) is 0 Å². The number of aryl methyl sites for hydroxylation is 1. The number of aromatic nitrogens is 2. The molecular weight excluding hydrogens is 397 g/mol. The number of hydrogen-bond acceptors (Lipinski definition) is 5. The topological polar surface area (TPSA) is 84.3 Å². The molecule has 0 aromatic carbocycles. The van der Waals surface area contributed by atoms with E-state index in [1.165, 1.54) is 6.08 Å². The molecule has 0 radical (unpaired) electrons. The minimum atomic E-state index is -4.85. The Kier molecular flexibility index (Phi) is 6.68. The van der Waals surface area contributed by atoms with Crippen LogP contribution in [0.2, 0.25) is 0 Å². The summed E-state index contributed by atoms with van der Waals surface area (Å²) in [5.41, 5.74) is -0.440. The molecule has 28 heavy (non-hydrogen) atoms. The van der Waals surface area contributed by atoms with Crippen molar-refractivity contribution in [2.24, 2.45) is 0 Å². The van der Waals surface area contributed by atoms with Crippen LogP contribution in [0, 0.1) is 6.92 Å². The maximum atomic E-state index is 12.7. The molecule has 152 valence electrons. The number of hydrogen-bond donors (Lipinski definition) is 2. The number of ether oxygens (including phenoxy) is 1. The molecular formula is C18H19F3N2O4S. The van der Waals surface area contributed by atoms with E-state index >= 15 is 0 Å². The van der Waals surface area contributed by atoms with Crippen LogP contribution < -0.4 is 11.2 Å². The minimum Gasteiger partial charge on any atom is -0.406 e. The van der Waals surface area contributed by atoms with Crippen molar-refractivity contribution in [3.8, 4) is 0 Å². The van der Waals surface area contributed by atoms with Crippen molar-refractivity contribution >= 4 is 27.1 Å². The number of nitrogens with zero attached hydrogens (tertiary/aromatic N) is 1. The quantitative estimate of drug-likeness (QED) is 0.535. The number of aromatic amines is 1. The van der Waals surface area contributed by atoms with Gasteiger partial charge in [0, 0.05) is 18.0 Å². The number of halogens is 3. The molecule has 0 saturated heterocycles. The maximum Gasteiger partial charge on any atom is 0.573 e. The van der Waals surface area contributed by atoms with Crippen LogP contribution in [0.1, 0.15) is 23.8 Å². The first kappa shape index (κ1) is 21.7. The smallest absolute Gasteiger partial charge is 0.406 e. The van der Waals surface area contributed by atoms with E-state index in [-0.39, 0.29) is 30.5 Å². The van der Waals surface area contributed by atoms with Crippen molar-refractivity contribution in [3.05, 3.63) is 61.8 Å². The Labute approximate surface area is 161 Å². The van der Waals surface area contributed by atoms with Crippen LogP contribution in [0.25, 0.3) is 15.8 Å². The Bertz CT molecular complexity index is 1060. The summed E-state index contributed by atoms with van der Waals surface area (Å²) >= 11 is 1.05. The zero-order valence-electron chi connectivity index (χ0n) is 15.2. The third-order valence-corrected chi connectivity index (χ3v) is 5.07. The van der Waals surface area contributed by atoms with Crippen LogP contribution >= 0.6 is 11.3 Å². The summed E-state index contributed by atoms with van der Waals surface area (Å²) in [4.78, 5) is 28.1. The third-order valence-electron chi connectivity index (χ3n) is 3.78. The van der Waals surface area contributed by atoms with E-state index in [9.17, 15) is 22.8 Å². The Balaban J connectivity index is 2.56. The van der Waals surface area contributed by atoms with Crippen LogP contribution in [0.3, 0.4) is 0 Å². The lowest BCUT2D eigenvalue weighted by molar-refractivity contribution is -0.303. The summed E-state index contributed by atoms with van der Waals surface area (Å²) in [5, 5.41) is 9.18. The molecule has 0 aliphatic rings. The molecule has 0 aliphatic heterocycles. The van der Waals surface area contributed by atoms with Gasteiger partial charge in [0.05, 0.1) is 5.39 Å². The van der Waals surface area contributed by atoms with Crippen molar-refractivity contribution in [2.45, 2.75) is 33.2 Å². The van der Waals surface area contributed by atoms with E-state index in [0.29, 0.717) is 15.3 Å². The van der Waals surface area contributed by atoms with Crippen molar-refractivity contribution in [1.82, 2.24) is 9.55 Å². The van der Waals surface area contributed by atoms with Gasteiger partial charge in [-0.15, -0.1) is 24.5 Å². The van der Waals surface area contributed by atoms with Crippen LogP contribution in [0.4, 0.5) is 13.2 Å². The minimum absolute atomic E-state index is 0.0525. The molecule has 0 spiro atoms. The molecule has 0 saturated carbocycles. The lowest BCUT2D eigenvalue weighted by Crippen LogP contribution is -2.35. The highest BCUT2D eigenvalue weighted by Crippen LogP contribution is 2.33. The first-order chi connectivity index (χ1) is 13.1. The van der Waals surface area contributed by atoms with E-state index < -0.39 is 23.4 Å². The second-order valence-electron chi connectivity index (χ2n) is 5.84. The summed E-state index contributed by atoms with van der Waals surface area (Å²) < 4.78 is 42.6. The molecule has 2 N–H and O–H groups in total. The highest BCUT2D eigenvalue weighted by molar-refractivity contribution is 7.19. The van der Waals surface area contributed by atoms with Gasteiger partial charge in [-0.3, -0.25) is 14.3 Å². The number of aliphatic hydroxyl groups excluding tert-OH is 1. The summed E-state index contributed by atoms with van der Waals surface area (Å²) in [6, 6.07) is 0. The summed E-state index contributed by atoms with van der Waals surface area (Å²) in [6.45, 7) is 6.82. The Morgan fingerprint density at radius 3 is 2.64 bits per heavy atom. The van der Waals surface area contributed by atoms with E-state index in [1.807, 2.05) is 0 Å². The maximum absolute atomic E-state index is 12.7. The molecule has 2 aromatic rings. The van der Waals surface area contributed by atoms with Gasteiger partial charge in [0.2, 0.25) is 0 Å². The van der Waals surface area contributed by atoms with E-state index in [0.717, 1.165) is 28.1 Å². The van der Waals surface area contributed by atoms with Gasteiger partial charge in [-0.25, -0.2) is 4.79 Å². The Hall–Kier alpha value is -2.59. The molecule has 10 heteroatoms. The van der Waals surface area contributed by atoms with Gasteiger partial charge in [0.25, 0.3) is 5.56 Å². The number of allylic oxidation sites excluding steroid dienone is 4. The fourth-order valence-corrected chi connectivity index (χ4v) is 3.77. The van der Waals surface area contributed by atoms with E-state index in [4.69, 9.17) is 5.11 Å². The number of thiophene rings is 1. The summed E-state index contributed by atoms with van der Waals surface area (Å²) in [5.74, 6) is -0.453. The van der Waals surface area contributed by atoms with Crippen molar-refractivity contribution in [2.75, 3.05) is 6.61 Å². The fourth-order valence-electron chi connectivity index (χ4n) is 2.64. The van der Waals surface area contributed by atoms with Gasteiger partial charge in [-0.1, -0.05) is 12.7 Å². The SMILES string of the molecule is C=C(/C=C(\C=C/C)OC(F)(F)F)c1sc2[nH]c(=O)n(CCCO)c(=O)c2c1C. The highest BCUT2D eigenvalue weighted by Gasteiger charge is 2.31. The van der Waals surface area contributed by atoms with Crippen molar-refractivity contribution in [3.63, 3.8) is 0 Å². The molecule has 2 aromatic heterocycles. The molecule has 0 fully saturated rings. The van der Waals surface area contributed by atoms with Crippen LogP contribution in [-0.4, -0.2) is 27.6 Å². The molecule has 0 unspecified atom stereocenters. The molecule has 0 aliphatic carbocycles. The van der Waals surface area contributed by atoms with Crippen molar-refractivity contribution < 1.29 is 23.0 Å². The van der Waals surface area contributed by atoms with E-state index in [1.54, 1.807) is 13.8 Å². The zero-order valence-corrected chi connectivity index (χ0v) is 16.0. The first-order valence-corrected chi connectivity index (χ1v) is 9.07. The molecule has 0 amide bonds. The fraction of sp³-hybridized carbons (Fsp3) is 0.333. The predicted octanol–water partition coefficient (Wildman–Crippen LogP) is 3.45. The van der Waals surface area contributed by atoms with Gasteiger partial charge in [0.15, 0.2) is 0 Å². The van der Waals surface area contributed by atoms with Gasteiger partial charge >= 0.3 is 12.1 Å². The Morgan fingerprint density at radius 1 is 1.39 bits per heavy atom. The average molecular weight is 416 g/mol. The summed E-state index contributed by atoms with van der Waals surface area (Å²) in [7, 11) is 0. The highest BCUT2D eigenvalue weighted by atomic mass is 32.1. The number of fused-ring (bicyclic) bond motifs is 1. The van der Waals surface area contributed by atoms with E-state index in [2.05, 4.69) is 16.3 Å². The Morgan fingerprint density at radius 2 is 2.07 bits per heavy atom. The molecule has 0 bridgehead atoms. The number of nitrogens with one attached hydrogen (secondary N) is 1. The van der Waals surface area contributed by atoms with Gasteiger partial charge < -0.3 is 9.84 Å². The predicted molar refractivity (Wildman–Crippen MR) is 102 cm³/mol. The number of H-pyrrole nitrogens is 1. The zero-order chi connectivity index (χ0) is 21.1. The van der Waals surface area contributed by atoms with Crippen LogP contribution in [-0.2, 0) is 11.3 Å². The molecule has 0 atom stereocenters. The van der Waals surface area contributed by atoms with Gasteiger partial charge in [-0.05, 0) is 43.6 Å². The molecule has 2 rings (SSSR count). The first-order valence-electron chi connectivity index (χ1n) is 8.25. The van der Waals surface area contributed by atoms with Crippen LogP contribution in [0.5, 0.6) is 0 Å². The monoisotopic (exact) mass is 416 g/mol. The summed E-state index contributed by atoms with van der Waals surface area (Å²) in [6.07, 6.45) is -0.966. The number of aliphatic hydroxyl groups is 1. The largest absolute Gasteiger partial charge is 0.573 e. The normalized spacial score (nSPS) is 12.9.